The smallest absolute Gasteiger partial charge is 0.163 e. The van der Waals surface area contributed by atoms with Gasteiger partial charge in [0.1, 0.15) is 5.78 Å². The van der Waals surface area contributed by atoms with Gasteiger partial charge in [0, 0.05) is 12.8 Å². The summed E-state index contributed by atoms with van der Waals surface area (Å²) in [5.41, 5.74) is 0. The molecule has 3 heteroatoms. The van der Waals surface area contributed by atoms with Crippen LogP contribution in [0.3, 0.4) is 0 Å². The second kappa shape index (κ2) is 3.54. The highest BCUT2D eigenvalue weighted by Crippen LogP contribution is 2.48. The van der Waals surface area contributed by atoms with Crippen molar-refractivity contribution in [1.29, 1.82) is 0 Å². The Morgan fingerprint density at radius 3 is 2.94 bits per heavy atom. The lowest BCUT2D eigenvalue weighted by Gasteiger charge is -2.24. The molecule has 3 rings (SSSR count). The highest BCUT2D eigenvalue weighted by Gasteiger charge is 2.53. The van der Waals surface area contributed by atoms with Crippen molar-refractivity contribution in [3.63, 3.8) is 0 Å². The summed E-state index contributed by atoms with van der Waals surface area (Å²) in [7, 11) is 0. The van der Waals surface area contributed by atoms with E-state index in [0.29, 0.717) is 17.6 Å². The summed E-state index contributed by atoms with van der Waals surface area (Å²) >= 11 is 0. The van der Waals surface area contributed by atoms with Gasteiger partial charge in [0.05, 0.1) is 12.2 Å². The van der Waals surface area contributed by atoms with Crippen LogP contribution in [0.2, 0.25) is 0 Å². The van der Waals surface area contributed by atoms with Gasteiger partial charge in [0.15, 0.2) is 5.79 Å². The molecule has 3 fully saturated rings. The zero-order chi connectivity index (χ0) is 11.3. The Hall–Kier alpha value is -0.410. The normalized spacial score (nSPS) is 46.2. The summed E-state index contributed by atoms with van der Waals surface area (Å²) < 4.78 is 11.9. The van der Waals surface area contributed by atoms with Crippen LogP contribution in [0, 0.1) is 11.8 Å². The first kappa shape index (κ1) is 10.7. The van der Waals surface area contributed by atoms with Crippen molar-refractivity contribution in [2.45, 2.75) is 63.9 Å². The molecule has 1 aliphatic heterocycles. The number of ketones is 1. The van der Waals surface area contributed by atoms with Crippen LogP contribution in [0.4, 0.5) is 0 Å². The molecule has 0 aromatic carbocycles. The van der Waals surface area contributed by atoms with Crippen molar-refractivity contribution in [3.8, 4) is 0 Å². The summed E-state index contributed by atoms with van der Waals surface area (Å²) in [6.45, 7) is 3.98. The number of carbonyl (C=O) groups excluding carboxylic acids is 1. The van der Waals surface area contributed by atoms with Crippen LogP contribution >= 0.6 is 0 Å². The van der Waals surface area contributed by atoms with Gasteiger partial charge >= 0.3 is 0 Å². The van der Waals surface area contributed by atoms with Gasteiger partial charge in [-0.1, -0.05) is 0 Å². The van der Waals surface area contributed by atoms with E-state index < -0.39 is 5.79 Å². The number of hydrogen-bond acceptors (Lipinski definition) is 3. The predicted molar refractivity (Wildman–Crippen MR) is 58.9 cm³/mol. The van der Waals surface area contributed by atoms with Gasteiger partial charge in [0.25, 0.3) is 0 Å². The Morgan fingerprint density at radius 1 is 1.31 bits per heavy atom. The molecule has 0 amide bonds. The number of ether oxygens (including phenoxy) is 2. The number of carbonyl (C=O) groups is 1. The Balaban J connectivity index is 1.78. The lowest BCUT2D eigenvalue weighted by molar-refractivity contribution is -0.160. The quantitative estimate of drug-likeness (QED) is 0.633. The van der Waals surface area contributed by atoms with E-state index in [2.05, 4.69) is 0 Å². The first-order chi connectivity index (χ1) is 7.55. The van der Waals surface area contributed by atoms with Gasteiger partial charge in [-0.15, -0.1) is 0 Å². The molecule has 0 N–H and O–H groups in total. The third-order valence-electron chi connectivity index (χ3n) is 4.27. The van der Waals surface area contributed by atoms with Crippen LogP contribution in [-0.4, -0.2) is 23.8 Å². The molecule has 4 atom stereocenters. The minimum Gasteiger partial charge on any atom is -0.345 e. The van der Waals surface area contributed by atoms with Crippen molar-refractivity contribution in [3.05, 3.63) is 0 Å². The molecular weight excluding hydrogens is 204 g/mol. The molecule has 2 saturated carbocycles. The summed E-state index contributed by atoms with van der Waals surface area (Å²) in [5.74, 6) is 1.09. The number of fused-ring (bicyclic) bond motifs is 3. The van der Waals surface area contributed by atoms with Gasteiger partial charge in [0.2, 0.25) is 0 Å². The Bertz CT molecular complexity index is 310. The highest BCUT2D eigenvalue weighted by molar-refractivity contribution is 5.79. The van der Waals surface area contributed by atoms with Crippen LogP contribution in [0.5, 0.6) is 0 Å². The van der Waals surface area contributed by atoms with E-state index in [1.807, 2.05) is 13.8 Å². The van der Waals surface area contributed by atoms with Crippen molar-refractivity contribution in [1.82, 2.24) is 0 Å². The maximum absolute atomic E-state index is 11.6. The minimum absolute atomic E-state index is 0.232. The molecular formula is C13H20O3. The van der Waals surface area contributed by atoms with Crippen molar-refractivity contribution >= 4 is 5.78 Å². The summed E-state index contributed by atoms with van der Waals surface area (Å²) in [6.07, 6.45) is 5.19. The van der Waals surface area contributed by atoms with E-state index in [1.165, 1.54) is 0 Å². The molecule has 0 spiro atoms. The first-order valence-electron chi connectivity index (χ1n) is 6.42. The third kappa shape index (κ3) is 1.70. The third-order valence-corrected chi connectivity index (χ3v) is 4.27. The lowest BCUT2D eigenvalue weighted by atomic mass is 9.90. The first-order valence-corrected chi connectivity index (χ1v) is 6.42. The fourth-order valence-corrected chi connectivity index (χ4v) is 3.71. The molecule has 0 bridgehead atoms. The summed E-state index contributed by atoms with van der Waals surface area (Å²) in [5, 5.41) is 0. The standard InChI is InChI=1S/C13H20O3/c1-13(2)15-11-7-8-6-9(14)4-3-5-10(8)12(11)16-13/h8,10-12H,3-7H2,1-2H3/t8-,10+,11-,12+/m0/s1. The average molecular weight is 224 g/mol. The number of Topliss-reactive ketones (excluding diaryl/α,β-unsaturated/α-hetero) is 1. The van der Waals surface area contributed by atoms with E-state index in [9.17, 15) is 4.79 Å². The predicted octanol–water partition coefficient (Wildman–Crippen LogP) is 2.29. The van der Waals surface area contributed by atoms with E-state index in [-0.39, 0.29) is 12.2 Å². The largest absolute Gasteiger partial charge is 0.345 e. The van der Waals surface area contributed by atoms with Gasteiger partial charge in [-0.25, -0.2) is 0 Å². The fraction of sp³-hybridized carbons (Fsp3) is 0.923. The van der Waals surface area contributed by atoms with Crippen molar-refractivity contribution in [2.75, 3.05) is 0 Å². The minimum atomic E-state index is -0.420. The number of rotatable bonds is 0. The molecule has 0 aromatic heterocycles. The van der Waals surface area contributed by atoms with Crippen LogP contribution < -0.4 is 0 Å². The second-order valence-electron chi connectivity index (χ2n) is 5.93. The van der Waals surface area contributed by atoms with Crippen LogP contribution in [0.15, 0.2) is 0 Å². The molecule has 0 radical (unpaired) electrons. The molecule has 1 heterocycles. The second-order valence-corrected chi connectivity index (χ2v) is 5.93. The molecule has 16 heavy (non-hydrogen) atoms. The van der Waals surface area contributed by atoms with E-state index in [1.54, 1.807) is 0 Å². The zero-order valence-corrected chi connectivity index (χ0v) is 10.1. The van der Waals surface area contributed by atoms with Crippen LogP contribution in [0.1, 0.15) is 46.0 Å². The number of hydrogen-bond donors (Lipinski definition) is 0. The Kier molecular flexibility index (Phi) is 2.37. The Labute approximate surface area is 96.5 Å². The topological polar surface area (TPSA) is 35.5 Å². The van der Waals surface area contributed by atoms with Gasteiger partial charge in [-0.2, -0.15) is 0 Å². The maximum Gasteiger partial charge on any atom is 0.163 e. The zero-order valence-electron chi connectivity index (χ0n) is 10.1. The molecule has 0 aromatic rings. The molecule has 90 valence electrons. The molecule has 0 unspecified atom stereocenters. The van der Waals surface area contributed by atoms with Crippen LogP contribution in [-0.2, 0) is 14.3 Å². The van der Waals surface area contributed by atoms with Crippen molar-refractivity contribution < 1.29 is 14.3 Å². The summed E-state index contributed by atoms with van der Waals surface area (Å²) in [6, 6.07) is 0. The van der Waals surface area contributed by atoms with Gasteiger partial charge in [-0.05, 0) is 44.9 Å². The molecule has 3 aliphatic rings. The molecule has 2 aliphatic carbocycles. The van der Waals surface area contributed by atoms with E-state index >= 15 is 0 Å². The highest BCUT2D eigenvalue weighted by atomic mass is 16.8. The Morgan fingerprint density at radius 2 is 2.12 bits per heavy atom. The summed E-state index contributed by atoms with van der Waals surface area (Å²) in [4.78, 5) is 11.6. The molecule has 3 nitrogen and oxygen atoms in total. The molecule has 1 saturated heterocycles. The van der Waals surface area contributed by atoms with E-state index in [0.717, 1.165) is 32.1 Å². The lowest BCUT2D eigenvalue weighted by Crippen LogP contribution is -2.27. The SMILES string of the molecule is CC1(C)O[C@@H]2[C@@H]3CCCC(=O)C[C@H]3C[C@@H]2O1. The van der Waals surface area contributed by atoms with Crippen LogP contribution in [0.25, 0.3) is 0 Å². The van der Waals surface area contributed by atoms with Gasteiger partial charge in [-0.3, -0.25) is 4.79 Å². The fourth-order valence-electron chi connectivity index (χ4n) is 3.71. The average Bonchev–Trinajstić information content (AvgIpc) is 2.53. The van der Waals surface area contributed by atoms with Gasteiger partial charge < -0.3 is 9.47 Å². The van der Waals surface area contributed by atoms with E-state index in [4.69, 9.17) is 9.47 Å². The monoisotopic (exact) mass is 224 g/mol. The van der Waals surface area contributed by atoms with Crippen molar-refractivity contribution in [2.24, 2.45) is 11.8 Å². The maximum atomic E-state index is 11.6.